The van der Waals surface area contributed by atoms with E-state index in [0.29, 0.717) is 79.3 Å². The van der Waals surface area contributed by atoms with Gasteiger partial charge in [-0.05, 0) is 39.3 Å². The highest BCUT2D eigenvalue weighted by molar-refractivity contribution is 6.70. The molecule has 0 bridgehead atoms. The third-order valence-corrected chi connectivity index (χ3v) is 5.15. The summed E-state index contributed by atoms with van der Waals surface area (Å²) in [5.41, 5.74) is 0. The van der Waals surface area contributed by atoms with Crippen LogP contribution in [0, 0.1) is 0 Å². The fourth-order valence-corrected chi connectivity index (χ4v) is 3.19. The van der Waals surface area contributed by atoms with E-state index in [1.807, 2.05) is 0 Å². The van der Waals surface area contributed by atoms with Crippen LogP contribution in [0.3, 0.4) is 0 Å². The third kappa shape index (κ3) is 26.2. The molecular weight excluding hydrogens is 384 g/mol. The first kappa shape index (κ1) is 27.2. The quantitative estimate of drug-likeness (QED) is 0.219. The van der Waals surface area contributed by atoms with Gasteiger partial charge in [-0.1, -0.05) is 0 Å². The van der Waals surface area contributed by atoms with E-state index in [1.54, 1.807) is 0 Å². The van der Waals surface area contributed by atoms with Crippen molar-refractivity contribution in [2.75, 3.05) is 79.3 Å². The molecule has 0 atom stereocenters. The standard InChI is InChI=1S/C18H42O7Si2/c1-26(2,3)24-17-15-22-13-11-20-9-7-19-8-10-21-12-14-23-16-18-25-27(4,5)6/h7-18H2,1-6H3. The Kier molecular flexibility index (Phi) is 17.1. The van der Waals surface area contributed by atoms with Crippen LogP contribution >= 0.6 is 0 Å². The molecule has 0 aromatic rings. The molecule has 0 fully saturated rings. The van der Waals surface area contributed by atoms with Crippen LogP contribution in [-0.2, 0) is 32.5 Å². The van der Waals surface area contributed by atoms with Crippen LogP contribution in [0.25, 0.3) is 0 Å². The predicted molar refractivity (Wildman–Crippen MR) is 113 cm³/mol. The summed E-state index contributed by atoms with van der Waals surface area (Å²) in [5.74, 6) is 0. The molecule has 164 valence electrons. The molecule has 0 unspecified atom stereocenters. The third-order valence-electron chi connectivity index (χ3n) is 3.01. The summed E-state index contributed by atoms with van der Waals surface area (Å²) in [4.78, 5) is 0. The van der Waals surface area contributed by atoms with E-state index in [1.165, 1.54) is 0 Å². The van der Waals surface area contributed by atoms with Gasteiger partial charge >= 0.3 is 0 Å². The van der Waals surface area contributed by atoms with Crippen molar-refractivity contribution in [3.05, 3.63) is 0 Å². The maximum atomic E-state index is 5.69. The first-order valence-electron chi connectivity index (χ1n) is 9.87. The smallest absolute Gasteiger partial charge is 0.183 e. The van der Waals surface area contributed by atoms with Gasteiger partial charge < -0.3 is 32.5 Å². The molecule has 0 aliphatic heterocycles. The number of hydrogen-bond donors (Lipinski definition) is 0. The monoisotopic (exact) mass is 426 g/mol. The molecule has 0 heterocycles. The molecule has 0 aromatic heterocycles. The molecule has 0 rings (SSSR count). The molecule has 0 saturated heterocycles. The van der Waals surface area contributed by atoms with Gasteiger partial charge in [0.1, 0.15) is 0 Å². The summed E-state index contributed by atoms with van der Waals surface area (Å²) < 4.78 is 38.6. The molecule has 0 spiro atoms. The van der Waals surface area contributed by atoms with E-state index in [0.717, 1.165) is 0 Å². The first-order valence-corrected chi connectivity index (χ1v) is 16.7. The van der Waals surface area contributed by atoms with Gasteiger partial charge in [-0.2, -0.15) is 0 Å². The van der Waals surface area contributed by atoms with E-state index in [9.17, 15) is 0 Å². The van der Waals surface area contributed by atoms with Crippen molar-refractivity contribution >= 4 is 16.6 Å². The largest absolute Gasteiger partial charge is 0.415 e. The normalized spacial score (nSPS) is 12.7. The zero-order valence-corrected chi connectivity index (χ0v) is 20.3. The Morgan fingerprint density at radius 1 is 0.333 bits per heavy atom. The Labute approximate surface area is 168 Å². The van der Waals surface area contributed by atoms with Crippen LogP contribution < -0.4 is 0 Å². The zero-order valence-electron chi connectivity index (χ0n) is 18.3. The van der Waals surface area contributed by atoms with Crippen LogP contribution in [0.5, 0.6) is 0 Å². The van der Waals surface area contributed by atoms with E-state index in [4.69, 9.17) is 32.5 Å². The van der Waals surface area contributed by atoms with Crippen LogP contribution in [0.4, 0.5) is 0 Å². The topological polar surface area (TPSA) is 64.6 Å². The Morgan fingerprint density at radius 2 is 0.519 bits per heavy atom. The van der Waals surface area contributed by atoms with Crippen molar-refractivity contribution in [2.24, 2.45) is 0 Å². The summed E-state index contributed by atoms with van der Waals surface area (Å²) in [6, 6.07) is 0. The lowest BCUT2D eigenvalue weighted by Gasteiger charge is -2.16. The number of hydrogen-bond acceptors (Lipinski definition) is 7. The van der Waals surface area contributed by atoms with Gasteiger partial charge in [-0.3, -0.25) is 0 Å². The average molecular weight is 427 g/mol. The van der Waals surface area contributed by atoms with Crippen molar-refractivity contribution < 1.29 is 32.5 Å². The lowest BCUT2D eigenvalue weighted by molar-refractivity contribution is -0.0144. The van der Waals surface area contributed by atoms with Crippen molar-refractivity contribution in [1.82, 2.24) is 0 Å². The zero-order chi connectivity index (χ0) is 20.4. The van der Waals surface area contributed by atoms with E-state index < -0.39 is 16.6 Å². The second kappa shape index (κ2) is 17.0. The maximum Gasteiger partial charge on any atom is 0.183 e. The molecule has 0 radical (unpaired) electrons. The minimum absolute atomic E-state index is 0.562. The Bertz CT molecular complexity index is 290. The van der Waals surface area contributed by atoms with Gasteiger partial charge in [0.05, 0.1) is 79.3 Å². The molecular formula is C18H42O7Si2. The predicted octanol–water partition coefficient (Wildman–Crippen LogP) is 2.77. The lowest BCUT2D eigenvalue weighted by Crippen LogP contribution is -2.27. The van der Waals surface area contributed by atoms with Crippen LogP contribution in [0.2, 0.25) is 39.3 Å². The van der Waals surface area contributed by atoms with Gasteiger partial charge in [0.25, 0.3) is 0 Å². The lowest BCUT2D eigenvalue weighted by atomic mass is 10.7. The minimum Gasteiger partial charge on any atom is -0.415 e. The van der Waals surface area contributed by atoms with E-state index in [-0.39, 0.29) is 0 Å². The highest BCUT2D eigenvalue weighted by atomic mass is 28.4. The second-order valence-corrected chi connectivity index (χ2v) is 17.0. The number of rotatable bonds is 20. The summed E-state index contributed by atoms with van der Waals surface area (Å²) in [5, 5.41) is 0. The van der Waals surface area contributed by atoms with E-state index >= 15 is 0 Å². The van der Waals surface area contributed by atoms with Gasteiger partial charge in [0.15, 0.2) is 16.6 Å². The van der Waals surface area contributed by atoms with Gasteiger partial charge in [0.2, 0.25) is 0 Å². The molecule has 0 saturated carbocycles. The van der Waals surface area contributed by atoms with Crippen molar-refractivity contribution in [3.63, 3.8) is 0 Å². The molecule has 0 amide bonds. The SMILES string of the molecule is C[Si](C)(C)OCCOCCOCCOCCOCCOCCO[Si](C)(C)C. The first-order chi connectivity index (χ1) is 12.7. The summed E-state index contributed by atoms with van der Waals surface area (Å²) in [7, 11) is -2.85. The van der Waals surface area contributed by atoms with Crippen molar-refractivity contribution in [2.45, 2.75) is 39.3 Å². The van der Waals surface area contributed by atoms with Crippen LogP contribution in [0.1, 0.15) is 0 Å². The van der Waals surface area contributed by atoms with Crippen molar-refractivity contribution in [1.29, 1.82) is 0 Å². The van der Waals surface area contributed by atoms with E-state index in [2.05, 4.69) is 39.3 Å². The van der Waals surface area contributed by atoms with Gasteiger partial charge in [-0.15, -0.1) is 0 Å². The Balaban J connectivity index is 3.07. The van der Waals surface area contributed by atoms with Crippen LogP contribution in [-0.4, -0.2) is 95.9 Å². The minimum atomic E-state index is -1.42. The summed E-state index contributed by atoms with van der Waals surface area (Å²) in [6.45, 7) is 20.1. The highest BCUT2D eigenvalue weighted by Gasteiger charge is 2.13. The number of ether oxygens (including phenoxy) is 5. The fourth-order valence-electron chi connectivity index (χ4n) is 1.80. The van der Waals surface area contributed by atoms with Gasteiger partial charge in [-0.25, -0.2) is 0 Å². The molecule has 7 nitrogen and oxygen atoms in total. The molecule has 0 aliphatic carbocycles. The highest BCUT2D eigenvalue weighted by Crippen LogP contribution is 2.02. The molecule has 0 aromatic carbocycles. The Morgan fingerprint density at radius 3 is 0.704 bits per heavy atom. The summed E-state index contributed by atoms with van der Waals surface area (Å²) >= 11 is 0. The fraction of sp³-hybridized carbons (Fsp3) is 1.00. The van der Waals surface area contributed by atoms with Crippen molar-refractivity contribution in [3.8, 4) is 0 Å². The second-order valence-electron chi connectivity index (χ2n) is 7.98. The Hall–Kier alpha value is 0.154. The van der Waals surface area contributed by atoms with Gasteiger partial charge in [0, 0.05) is 0 Å². The molecule has 0 aliphatic rings. The molecule has 0 N–H and O–H groups in total. The molecule has 9 heteroatoms. The summed E-state index contributed by atoms with van der Waals surface area (Å²) in [6.07, 6.45) is 0. The maximum absolute atomic E-state index is 5.69. The average Bonchev–Trinajstić information content (AvgIpc) is 2.55. The molecule has 27 heavy (non-hydrogen) atoms. The van der Waals surface area contributed by atoms with Crippen LogP contribution in [0.15, 0.2) is 0 Å².